The molecule has 2 heterocycles. The fraction of sp³-hybridized carbons (Fsp3) is 0.211. The number of carbonyl (C=O) groups excluding carboxylic acids is 2. The Morgan fingerprint density at radius 3 is 2.71 bits per heavy atom. The second-order valence-corrected chi connectivity index (χ2v) is 6.75. The number of thiophene rings is 1. The van der Waals surface area contributed by atoms with Crippen molar-refractivity contribution in [2.75, 3.05) is 11.9 Å². The van der Waals surface area contributed by atoms with Crippen molar-refractivity contribution in [3.05, 3.63) is 52.9 Å². The minimum absolute atomic E-state index is 0.0159. The highest BCUT2D eigenvalue weighted by atomic mass is 32.1. The number of rotatable bonds is 6. The fourth-order valence-corrected chi connectivity index (χ4v) is 3.51. The van der Waals surface area contributed by atoms with E-state index in [9.17, 15) is 9.59 Å². The van der Waals surface area contributed by atoms with Gasteiger partial charge in [-0.2, -0.15) is 5.26 Å². The number of nitrogens with zero attached hydrogens (tertiary/aromatic N) is 4. The van der Waals surface area contributed by atoms with Crippen molar-refractivity contribution in [1.29, 1.82) is 5.26 Å². The van der Waals surface area contributed by atoms with Crippen molar-refractivity contribution in [1.82, 2.24) is 14.8 Å². The van der Waals surface area contributed by atoms with Crippen LogP contribution in [0.25, 0.3) is 11.1 Å². The van der Waals surface area contributed by atoms with Gasteiger partial charge in [0.25, 0.3) is 5.82 Å². The lowest BCUT2D eigenvalue weighted by Gasteiger charge is -2.09. The lowest BCUT2D eigenvalue weighted by atomic mass is 10.0. The molecule has 28 heavy (non-hydrogen) atoms. The molecule has 0 radical (unpaired) electrons. The molecule has 1 amide bonds. The van der Waals surface area contributed by atoms with E-state index in [1.54, 1.807) is 13.0 Å². The number of aryl methyl sites for hydroxylation is 1. The Hall–Kier alpha value is -3.51. The fourth-order valence-electron chi connectivity index (χ4n) is 2.54. The van der Waals surface area contributed by atoms with Gasteiger partial charge in [-0.05, 0) is 19.4 Å². The van der Waals surface area contributed by atoms with Gasteiger partial charge in [-0.15, -0.1) is 16.4 Å². The number of aromatic nitrogens is 3. The zero-order valence-corrected chi connectivity index (χ0v) is 16.1. The van der Waals surface area contributed by atoms with Gasteiger partial charge in [0, 0.05) is 10.9 Å². The lowest BCUT2D eigenvalue weighted by molar-refractivity contribution is -0.116. The number of ether oxygens (including phenoxy) is 1. The first-order valence-electron chi connectivity index (χ1n) is 8.47. The number of benzene rings is 1. The number of nitrogens with one attached hydrogen (secondary N) is 1. The Balaban J connectivity index is 1.87. The summed E-state index contributed by atoms with van der Waals surface area (Å²) < 4.78 is 6.44. The molecule has 0 saturated carbocycles. The number of carbonyl (C=O) groups is 2. The average molecular weight is 395 g/mol. The van der Waals surface area contributed by atoms with Crippen molar-refractivity contribution >= 4 is 28.2 Å². The Labute approximate surface area is 165 Å². The molecule has 3 rings (SSSR count). The zero-order chi connectivity index (χ0) is 20.1. The summed E-state index contributed by atoms with van der Waals surface area (Å²) in [5, 5.41) is 17.6. The molecule has 0 saturated heterocycles. The summed E-state index contributed by atoms with van der Waals surface area (Å²) in [6, 6.07) is 9.55. The number of anilines is 1. The Bertz CT molecular complexity index is 1050. The summed E-state index contributed by atoms with van der Waals surface area (Å²) in [4.78, 5) is 28.7. The second-order valence-electron chi connectivity index (χ2n) is 5.87. The molecule has 0 spiro atoms. The Morgan fingerprint density at radius 1 is 1.32 bits per heavy atom. The SMILES string of the molecule is CCOC(=O)c1c(-c2ccc(C)cc2)csc1NC(=O)Cn1cnc(C#N)n1. The topological polar surface area (TPSA) is 110 Å². The van der Waals surface area contributed by atoms with Gasteiger partial charge in [-0.25, -0.2) is 14.5 Å². The summed E-state index contributed by atoms with van der Waals surface area (Å²) in [5.74, 6) is -0.905. The van der Waals surface area contributed by atoms with E-state index in [1.807, 2.05) is 36.6 Å². The van der Waals surface area contributed by atoms with Gasteiger partial charge in [0.1, 0.15) is 29.5 Å². The van der Waals surface area contributed by atoms with Gasteiger partial charge >= 0.3 is 5.97 Å². The maximum Gasteiger partial charge on any atom is 0.341 e. The molecule has 0 aliphatic rings. The molecule has 9 heteroatoms. The maximum atomic E-state index is 12.5. The van der Waals surface area contributed by atoms with Crippen LogP contribution in [-0.4, -0.2) is 33.2 Å². The summed E-state index contributed by atoms with van der Waals surface area (Å²) in [5.41, 5.74) is 2.99. The molecule has 3 aromatic rings. The predicted octanol–water partition coefficient (Wildman–Crippen LogP) is 3.00. The standard InChI is InChI=1S/C19H17N5O3S/c1-3-27-19(26)17-14(13-6-4-12(2)5-7-13)10-28-18(17)22-16(25)9-24-11-21-15(8-20)23-24/h4-7,10-11H,3,9H2,1-2H3,(H,22,25). The minimum Gasteiger partial charge on any atom is -0.462 e. The zero-order valence-electron chi connectivity index (χ0n) is 15.3. The van der Waals surface area contributed by atoms with Gasteiger partial charge in [-0.3, -0.25) is 4.79 Å². The van der Waals surface area contributed by atoms with E-state index in [0.717, 1.165) is 11.1 Å². The molecule has 8 nitrogen and oxygen atoms in total. The van der Waals surface area contributed by atoms with Gasteiger partial charge in [0.15, 0.2) is 0 Å². The minimum atomic E-state index is -0.498. The Kier molecular flexibility index (Phi) is 5.81. The summed E-state index contributed by atoms with van der Waals surface area (Å²) >= 11 is 1.25. The predicted molar refractivity (Wildman–Crippen MR) is 104 cm³/mol. The van der Waals surface area contributed by atoms with Crippen LogP contribution in [0.2, 0.25) is 0 Å². The number of hydrogen-bond acceptors (Lipinski definition) is 7. The molecule has 0 aliphatic carbocycles. The molecular formula is C19H17N5O3S. The third-order valence-corrected chi connectivity index (χ3v) is 4.72. The molecule has 1 N–H and O–H groups in total. The highest BCUT2D eigenvalue weighted by Gasteiger charge is 2.23. The third-order valence-electron chi connectivity index (χ3n) is 3.83. The second kappa shape index (κ2) is 8.45. The van der Waals surface area contributed by atoms with Gasteiger partial charge in [-0.1, -0.05) is 29.8 Å². The van der Waals surface area contributed by atoms with E-state index in [-0.39, 0.29) is 19.0 Å². The molecule has 0 unspecified atom stereocenters. The summed E-state index contributed by atoms with van der Waals surface area (Å²) in [6.07, 6.45) is 1.30. The van der Waals surface area contributed by atoms with Gasteiger partial charge < -0.3 is 10.1 Å². The first-order chi connectivity index (χ1) is 13.5. The van der Waals surface area contributed by atoms with Crippen LogP contribution in [0.1, 0.15) is 28.7 Å². The van der Waals surface area contributed by atoms with Crippen LogP contribution in [0.3, 0.4) is 0 Å². The Morgan fingerprint density at radius 2 is 2.07 bits per heavy atom. The highest BCUT2D eigenvalue weighted by molar-refractivity contribution is 7.15. The smallest absolute Gasteiger partial charge is 0.341 e. The molecule has 0 fully saturated rings. The summed E-state index contributed by atoms with van der Waals surface area (Å²) in [6.45, 7) is 3.81. The maximum absolute atomic E-state index is 12.5. The van der Waals surface area contributed by atoms with Crippen LogP contribution < -0.4 is 5.32 Å². The van der Waals surface area contributed by atoms with Crippen molar-refractivity contribution in [2.24, 2.45) is 0 Å². The van der Waals surface area contributed by atoms with E-state index in [1.165, 1.54) is 22.3 Å². The normalized spacial score (nSPS) is 10.3. The number of amides is 1. The molecule has 142 valence electrons. The molecule has 0 aliphatic heterocycles. The first-order valence-corrected chi connectivity index (χ1v) is 9.34. The monoisotopic (exact) mass is 395 g/mol. The van der Waals surface area contributed by atoms with E-state index in [0.29, 0.717) is 16.1 Å². The molecule has 0 atom stereocenters. The van der Waals surface area contributed by atoms with Gasteiger partial charge in [0.05, 0.1) is 6.61 Å². The average Bonchev–Trinajstić information content (AvgIpc) is 3.29. The first kappa shape index (κ1) is 19.3. The van der Waals surface area contributed by atoms with Crippen LogP contribution in [0.5, 0.6) is 0 Å². The van der Waals surface area contributed by atoms with Crippen molar-refractivity contribution in [2.45, 2.75) is 20.4 Å². The lowest BCUT2D eigenvalue weighted by Crippen LogP contribution is -2.20. The van der Waals surface area contributed by atoms with Crippen molar-refractivity contribution in [3.8, 4) is 17.2 Å². The van der Waals surface area contributed by atoms with E-state index in [4.69, 9.17) is 10.00 Å². The van der Waals surface area contributed by atoms with Crippen LogP contribution in [-0.2, 0) is 16.1 Å². The van der Waals surface area contributed by atoms with Crippen LogP contribution in [0.15, 0.2) is 36.0 Å². The quantitative estimate of drug-likeness (QED) is 0.643. The van der Waals surface area contributed by atoms with Crippen LogP contribution in [0, 0.1) is 18.3 Å². The van der Waals surface area contributed by atoms with Gasteiger partial charge in [0.2, 0.25) is 5.91 Å². The number of nitriles is 1. The molecular weight excluding hydrogens is 378 g/mol. The highest BCUT2D eigenvalue weighted by Crippen LogP contribution is 2.36. The number of esters is 1. The molecule has 0 bridgehead atoms. The molecule has 2 aromatic heterocycles. The van der Waals surface area contributed by atoms with Crippen molar-refractivity contribution < 1.29 is 14.3 Å². The van der Waals surface area contributed by atoms with Crippen LogP contribution in [0.4, 0.5) is 5.00 Å². The molecule has 1 aromatic carbocycles. The van der Waals surface area contributed by atoms with E-state index >= 15 is 0 Å². The largest absolute Gasteiger partial charge is 0.462 e. The third kappa shape index (κ3) is 4.24. The van der Waals surface area contributed by atoms with Crippen molar-refractivity contribution in [3.63, 3.8) is 0 Å². The van der Waals surface area contributed by atoms with E-state index < -0.39 is 11.9 Å². The number of hydrogen-bond donors (Lipinski definition) is 1. The van der Waals surface area contributed by atoms with E-state index in [2.05, 4.69) is 15.4 Å². The summed E-state index contributed by atoms with van der Waals surface area (Å²) in [7, 11) is 0. The van der Waals surface area contributed by atoms with Crippen LogP contribution >= 0.6 is 11.3 Å².